The summed E-state index contributed by atoms with van der Waals surface area (Å²) >= 11 is 0. The molecule has 6 rings (SSSR count). The lowest BCUT2D eigenvalue weighted by Crippen LogP contribution is -2.41. The number of amides is 1. The number of morpholine rings is 1. The van der Waals surface area contributed by atoms with Gasteiger partial charge in [0, 0.05) is 43.9 Å². The van der Waals surface area contributed by atoms with E-state index in [-0.39, 0.29) is 11.9 Å². The van der Waals surface area contributed by atoms with Gasteiger partial charge in [0.25, 0.3) is 0 Å². The number of nitrogens with one attached hydrogen (secondary N) is 2. The van der Waals surface area contributed by atoms with Crippen molar-refractivity contribution < 1.29 is 9.53 Å². The molecule has 33 heavy (non-hydrogen) atoms. The van der Waals surface area contributed by atoms with Gasteiger partial charge in [0.15, 0.2) is 11.6 Å². The Morgan fingerprint density at radius 1 is 1.21 bits per heavy atom. The minimum absolute atomic E-state index is 0.340. The number of hydrogen-bond acceptors (Lipinski definition) is 8. The van der Waals surface area contributed by atoms with E-state index in [1.54, 1.807) is 0 Å². The van der Waals surface area contributed by atoms with Crippen LogP contribution in [0.4, 0.5) is 17.6 Å². The third-order valence-electron chi connectivity index (χ3n) is 6.77. The summed E-state index contributed by atoms with van der Waals surface area (Å²) in [5, 5.41) is 15.8. The fraction of sp³-hybridized carbons (Fsp3) is 0.545. The molecule has 174 valence electrons. The Kier molecular flexibility index (Phi) is 5.14. The Labute approximate surface area is 191 Å². The molecule has 0 bridgehead atoms. The van der Waals surface area contributed by atoms with Gasteiger partial charge in [-0.05, 0) is 37.8 Å². The number of carbonyl (C=O) groups excluding carboxylic acids is 1. The fourth-order valence-electron chi connectivity index (χ4n) is 4.79. The second-order valence-corrected chi connectivity index (χ2v) is 9.13. The maximum absolute atomic E-state index is 12.0. The number of aromatic amines is 1. The predicted molar refractivity (Wildman–Crippen MR) is 122 cm³/mol. The van der Waals surface area contributed by atoms with Crippen molar-refractivity contribution >= 4 is 29.0 Å². The molecule has 2 aliphatic heterocycles. The molecule has 1 atom stereocenters. The number of primary amides is 1. The van der Waals surface area contributed by atoms with Crippen molar-refractivity contribution in [2.45, 2.75) is 44.2 Å². The van der Waals surface area contributed by atoms with Crippen LogP contribution in [0.3, 0.4) is 0 Å². The monoisotopic (exact) mass is 451 g/mol. The Morgan fingerprint density at radius 3 is 2.85 bits per heavy atom. The van der Waals surface area contributed by atoms with E-state index < -0.39 is 0 Å². The number of H-pyrrole nitrogens is 1. The van der Waals surface area contributed by atoms with Gasteiger partial charge in [-0.2, -0.15) is 10.1 Å². The molecule has 4 N–H and O–H groups in total. The third kappa shape index (κ3) is 4.02. The minimum atomic E-state index is -0.389. The van der Waals surface area contributed by atoms with Crippen LogP contribution in [0, 0.1) is 0 Å². The fourth-order valence-corrected chi connectivity index (χ4v) is 4.79. The molecule has 2 saturated heterocycles. The van der Waals surface area contributed by atoms with Crippen LogP contribution in [0.5, 0.6) is 0 Å². The van der Waals surface area contributed by atoms with Gasteiger partial charge in [0.2, 0.25) is 11.9 Å². The average Bonchev–Trinajstić information content (AvgIpc) is 3.21. The molecule has 5 heterocycles. The quantitative estimate of drug-likeness (QED) is 0.491. The van der Waals surface area contributed by atoms with Crippen LogP contribution in [0.25, 0.3) is 5.52 Å². The molecule has 0 spiro atoms. The summed E-state index contributed by atoms with van der Waals surface area (Å²) in [7, 11) is 0. The van der Waals surface area contributed by atoms with Crippen molar-refractivity contribution in [3.8, 4) is 0 Å². The Morgan fingerprint density at radius 2 is 2.06 bits per heavy atom. The molecule has 3 aromatic heterocycles. The van der Waals surface area contributed by atoms with Crippen molar-refractivity contribution in [3.05, 3.63) is 29.6 Å². The van der Waals surface area contributed by atoms with Crippen molar-refractivity contribution in [1.82, 2.24) is 29.7 Å². The molecule has 3 aliphatic rings. The number of anilines is 3. The molecule has 11 nitrogen and oxygen atoms in total. The maximum Gasteiger partial charge on any atom is 0.246 e. The Hall–Kier alpha value is -3.18. The number of rotatable bonds is 7. The van der Waals surface area contributed by atoms with Crippen molar-refractivity contribution in [2.24, 2.45) is 5.73 Å². The summed E-state index contributed by atoms with van der Waals surface area (Å²) < 4.78 is 7.43. The zero-order valence-electron chi connectivity index (χ0n) is 18.5. The summed E-state index contributed by atoms with van der Waals surface area (Å²) in [6.45, 7) is 4.74. The third-order valence-corrected chi connectivity index (χ3v) is 6.77. The van der Waals surface area contributed by atoms with Crippen LogP contribution in [-0.2, 0) is 16.1 Å². The Balaban J connectivity index is 1.38. The molecule has 1 aliphatic carbocycles. The van der Waals surface area contributed by atoms with Crippen molar-refractivity contribution in [3.63, 3.8) is 0 Å². The molecule has 3 fully saturated rings. The van der Waals surface area contributed by atoms with Crippen LogP contribution in [-0.4, -0.2) is 74.5 Å². The van der Waals surface area contributed by atoms with E-state index in [1.165, 1.54) is 12.8 Å². The van der Waals surface area contributed by atoms with Crippen molar-refractivity contribution in [1.29, 1.82) is 0 Å². The summed E-state index contributed by atoms with van der Waals surface area (Å²) in [6.07, 6.45) is 4.01. The first kappa shape index (κ1) is 20.4. The van der Waals surface area contributed by atoms with Gasteiger partial charge < -0.3 is 20.7 Å². The van der Waals surface area contributed by atoms with Gasteiger partial charge in [0.05, 0.1) is 18.9 Å². The van der Waals surface area contributed by atoms with E-state index in [9.17, 15) is 4.79 Å². The molecule has 0 aromatic carbocycles. The molecule has 1 saturated carbocycles. The van der Waals surface area contributed by atoms with Crippen LogP contribution in [0.15, 0.2) is 18.2 Å². The minimum Gasteiger partial charge on any atom is -0.379 e. The number of nitrogens with zero attached hydrogens (tertiary/aromatic N) is 6. The number of aromatic nitrogens is 5. The number of fused-ring (bicyclic) bond motifs is 1. The summed E-state index contributed by atoms with van der Waals surface area (Å²) in [4.78, 5) is 21.2. The topological polar surface area (TPSA) is 130 Å². The van der Waals surface area contributed by atoms with Gasteiger partial charge in [-0.3, -0.25) is 14.8 Å². The first-order chi connectivity index (χ1) is 16.2. The summed E-state index contributed by atoms with van der Waals surface area (Å²) in [5.74, 6) is 2.14. The number of ether oxygens (including phenoxy) is 1. The highest BCUT2D eigenvalue weighted by molar-refractivity contribution is 5.84. The van der Waals surface area contributed by atoms with Crippen LogP contribution >= 0.6 is 0 Å². The normalized spacial score (nSPS) is 21.7. The van der Waals surface area contributed by atoms with Crippen LogP contribution < -0.4 is 16.0 Å². The van der Waals surface area contributed by atoms with E-state index in [4.69, 9.17) is 20.6 Å². The highest BCUT2D eigenvalue weighted by Gasteiger charge is 2.32. The maximum atomic E-state index is 12.0. The second-order valence-electron chi connectivity index (χ2n) is 9.13. The Bertz CT molecular complexity index is 1160. The van der Waals surface area contributed by atoms with E-state index in [0.29, 0.717) is 24.2 Å². The molecular formula is C22H29N9O2. The summed E-state index contributed by atoms with van der Waals surface area (Å²) in [6, 6.07) is 5.78. The molecule has 3 aromatic rings. The lowest BCUT2D eigenvalue weighted by Gasteiger charge is -2.26. The number of carbonyl (C=O) groups is 1. The van der Waals surface area contributed by atoms with Gasteiger partial charge >= 0.3 is 0 Å². The van der Waals surface area contributed by atoms with Crippen LogP contribution in [0.1, 0.15) is 43.0 Å². The molecule has 1 unspecified atom stereocenters. The first-order valence-electron chi connectivity index (χ1n) is 11.7. The summed E-state index contributed by atoms with van der Waals surface area (Å²) in [5.41, 5.74) is 8.76. The van der Waals surface area contributed by atoms with Crippen molar-refractivity contribution in [2.75, 3.05) is 43.1 Å². The van der Waals surface area contributed by atoms with Gasteiger partial charge in [0.1, 0.15) is 11.6 Å². The molecule has 0 radical (unpaired) electrons. The standard InChI is InChI=1S/C22H29N9O2/c23-20(32)17-2-1-7-30(17)22-25-21(24-19-12-16(26-27-19)14-3-4-14)18-6-5-15(31(18)28-22)13-29-8-10-33-11-9-29/h5-6,12,14,17H,1-4,7-11,13H2,(H2,23,32)(H2,24,25,26,27,28). The smallest absolute Gasteiger partial charge is 0.246 e. The molecule has 1 amide bonds. The van der Waals surface area contributed by atoms with E-state index in [2.05, 4.69) is 32.5 Å². The predicted octanol–water partition coefficient (Wildman–Crippen LogP) is 1.36. The largest absolute Gasteiger partial charge is 0.379 e. The molecular weight excluding hydrogens is 422 g/mol. The van der Waals surface area contributed by atoms with E-state index >= 15 is 0 Å². The number of hydrogen-bond donors (Lipinski definition) is 3. The zero-order chi connectivity index (χ0) is 22.4. The van der Waals surface area contributed by atoms with Gasteiger partial charge in [-0.15, -0.1) is 5.10 Å². The zero-order valence-corrected chi connectivity index (χ0v) is 18.5. The van der Waals surface area contributed by atoms with Crippen LogP contribution in [0.2, 0.25) is 0 Å². The highest BCUT2D eigenvalue weighted by atomic mass is 16.5. The average molecular weight is 452 g/mol. The highest BCUT2D eigenvalue weighted by Crippen LogP contribution is 2.40. The number of nitrogens with two attached hydrogens (primary N) is 1. The lowest BCUT2D eigenvalue weighted by atomic mass is 10.2. The first-order valence-corrected chi connectivity index (χ1v) is 11.7. The lowest BCUT2D eigenvalue weighted by molar-refractivity contribution is -0.119. The van der Waals surface area contributed by atoms with Gasteiger partial charge in [-0.1, -0.05) is 0 Å². The van der Waals surface area contributed by atoms with E-state index in [0.717, 1.165) is 68.4 Å². The molecule has 11 heteroatoms. The SMILES string of the molecule is NC(=O)C1CCCN1c1nc(Nc2cc(C3CC3)[nH]n2)c2ccc(CN3CCOCC3)n2n1. The van der Waals surface area contributed by atoms with Gasteiger partial charge in [-0.25, -0.2) is 4.52 Å². The van der Waals surface area contributed by atoms with E-state index in [1.807, 2.05) is 15.5 Å². The second kappa shape index (κ2) is 8.31.